The van der Waals surface area contributed by atoms with Crippen LogP contribution >= 0.6 is 11.3 Å². The number of carbonyl (C=O) groups is 1. The lowest BCUT2D eigenvalue weighted by atomic mass is 9.87. The summed E-state index contributed by atoms with van der Waals surface area (Å²) in [6.45, 7) is 8.45. The maximum atomic E-state index is 13.5. The van der Waals surface area contributed by atoms with Gasteiger partial charge in [-0.1, -0.05) is 37.1 Å². The molecule has 3 aromatic carbocycles. The van der Waals surface area contributed by atoms with E-state index in [2.05, 4.69) is 54.8 Å². The lowest BCUT2D eigenvalue weighted by Gasteiger charge is -2.35. The Morgan fingerprint density at radius 2 is 1.82 bits per heavy atom. The van der Waals surface area contributed by atoms with Crippen LogP contribution < -0.4 is 25.8 Å². The number of primary amides is 1. The van der Waals surface area contributed by atoms with Gasteiger partial charge in [-0.25, -0.2) is 15.0 Å². The van der Waals surface area contributed by atoms with E-state index >= 15 is 0 Å². The van der Waals surface area contributed by atoms with Gasteiger partial charge in [-0.2, -0.15) is 13.2 Å². The molecule has 332 valence electrons. The Bertz CT molecular complexity index is 2320. The Morgan fingerprint density at radius 3 is 2.55 bits per heavy atom. The molecule has 11 nitrogen and oxygen atoms in total. The monoisotopic (exact) mass is 873 g/mol. The van der Waals surface area contributed by atoms with Crippen molar-refractivity contribution in [1.29, 1.82) is 0 Å². The molecule has 2 fully saturated rings. The maximum absolute atomic E-state index is 13.5. The van der Waals surface area contributed by atoms with E-state index in [0.717, 1.165) is 115 Å². The smallest absolute Gasteiger partial charge is 0.416 e. The Morgan fingerprint density at radius 1 is 1.03 bits per heavy atom. The van der Waals surface area contributed by atoms with E-state index in [1.54, 1.807) is 31.4 Å². The molecule has 5 aromatic rings. The molecule has 0 saturated carbocycles. The minimum absolute atomic E-state index is 0.125. The highest BCUT2D eigenvalue weighted by Crippen LogP contribution is 2.40. The van der Waals surface area contributed by atoms with Gasteiger partial charge in [-0.05, 0) is 131 Å². The van der Waals surface area contributed by atoms with Gasteiger partial charge in [0.25, 0.3) is 0 Å². The predicted octanol–water partition coefficient (Wildman–Crippen LogP) is 9.10. The van der Waals surface area contributed by atoms with Crippen molar-refractivity contribution >= 4 is 34.0 Å². The Kier molecular flexibility index (Phi) is 14.7. The van der Waals surface area contributed by atoms with Crippen LogP contribution in [0.2, 0.25) is 0 Å². The second kappa shape index (κ2) is 20.1. The van der Waals surface area contributed by atoms with Gasteiger partial charge in [-0.3, -0.25) is 9.69 Å². The molecule has 4 heterocycles. The molecule has 2 aromatic heterocycles. The second-order valence-corrected chi connectivity index (χ2v) is 17.6. The number of nitrogens with zero attached hydrogens (tertiary/aromatic N) is 4. The van der Waals surface area contributed by atoms with Crippen LogP contribution in [-0.2, 0) is 17.4 Å². The van der Waals surface area contributed by atoms with E-state index < -0.39 is 24.0 Å². The van der Waals surface area contributed by atoms with Gasteiger partial charge in [-0.15, -0.1) is 11.3 Å². The number of anilines is 1. The summed E-state index contributed by atoms with van der Waals surface area (Å²) < 4.78 is 52.7. The van der Waals surface area contributed by atoms with Crippen molar-refractivity contribution in [2.45, 2.75) is 109 Å². The summed E-state index contributed by atoms with van der Waals surface area (Å²) in [6.07, 6.45) is 2.76. The van der Waals surface area contributed by atoms with Crippen molar-refractivity contribution in [2.24, 2.45) is 11.7 Å². The number of thiazole rings is 1. The predicted molar refractivity (Wildman–Crippen MR) is 238 cm³/mol. The van der Waals surface area contributed by atoms with Crippen LogP contribution in [0.15, 0.2) is 60.1 Å². The van der Waals surface area contributed by atoms with Crippen molar-refractivity contribution in [3.05, 3.63) is 93.9 Å². The van der Waals surface area contributed by atoms with Crippen LogP contribution in [-0.4, -0.2) is 76.5 Å². The molecule has 7 rings (SSSR count). The molecule has 5 N–H and O–H groups in total. The van der Waals surface area contributed by atoms with Crippen LogP contribution in [0.3, 0.4) is 0 Å². The zero-order valence-electron chi connectivity index (χ0n) is 35.9. The third-order valence-corrected chi connectivity index (χ3v) is 13.4. The van der Waals surface area contributed by atoms with E-state index in [0.29, 0.717) is 42.2 Å². The Balaban J connectivity index is 0.902. The summed E-state index contributed by atoms with van der Waals surface area (Å²) in [5, 5.41) is 18.6. The van der Waals surface area contributed by atoms with E-state index in [1.165, 1.54) is 12.1 Å². The van der Waals surface area contributed by atoms with Gasteiger partial charge in [0.05, 0.1) is 46.9 Å². The van der Waals surface area contributed by atoms with Gasteiger partial charge in [0.1, 0.15) is 29.4 Å². The number of unbranched alkanes of at least 4 members (excludes halogenated alkanes) is 3. The lowest BCUT2D eigenvalue weighted by molar-refractivity contribution is -0.137. The van der Waals surface area contributed by atoms with Crippen molar-refractivity contribution < 1.29 is 32.5 Å². The number of methoxy groups -OCH3 is 1. The first kappa shape index (κ1) is 45.2. The van der Waals surface area contributed by atoms with Gasteiger partial charge in [0.15, 0.2) is 0 Å². The average molecular weight is 874 g/mol. The van der Waals surface area contributed by atoms with Crippen LogP contribution in [0.5, 0.6) is 11.5 Å². The van der Waals surface area contributed by atoms with Crippen LogP contribution in [0.25, 0.3) is 21.3 Å². The molecule has 1 amide bonds. The number of amides is 1. The number of nitrogens with two attached hydrogens (primary N) is 1. The zero-order valence-corrected chi connectivity index (χ0v) is 36.7. The number of aryl methyl sites for hydroxylation is 2. The number of aliphatic hydroxyl groups excluding tert-OH is 1. The minimum Gasteiger partial charge on any atom is -0.496 e. The van der Waals surface area contributed by atoms with E-state index in [-0.39, 0.29) is 23.8 Å². The Labute approximate surface area is 365 Å². The van der Waals surface area contributed by atoms with Crippen molar-refractivity contribution in [3.8, 4) is 21.9 Å². The highest BCUT2D eigenvalue weighted by atomic mass is 32.1. The molecule has 0 aliphatic carbocycles. The quantitative estimate of drug-likeness (QED) is 0.0629. The van der Waals surface area contributed by atoms with Crippen molar-refractivity contribution in [3.63, 3.8) is 0 Å². The summed E-state index contributed by atoms with van der Waals surface area (Å²) in [4.78, 5) is 29.1. The van der Waals surface area contributed by atoms with Crippen molar-refractivity contribution in [1.82, 2.24) is 25.2 Å². The fraction of sp³-hybridized carbons (Fsp3) is 0.489. The molecule has 0 radical (unpaired) electrons. The van der Waals surface area contributed by atoms with Gasteiger partial charge in [0, 0.05) is 30.6 Å². The number of fused-ring (bicyclic) bond motifs is 1. The number of aromatic nitrogens is 3. The number of aliphatic hydroxyl groups is 1. The van der Waals surface area contributed by atoms with Crippen LogP contribution in [0.4, 0.5) is 19.0 Å². The molecule has 2 saturated heterocycles. The molecular weight excluding hydrogens is 816 g/mol. The normalized spacial score (nSPS) is 18.5. The number of carbonyl (C=O) groups excluding carboxylic acids is 1. The SMILES string of the molecule is COc1cc2nc(C)nc(N[C@H](C)c3cccc(C(F)(F)F)c3)c2cc1C1CCN(C(O)CCCCCCOc2cc(-c3scnc3C)ccc2CC2CCNC2C(N)=O)CC1. The number of hydrogen-bond acceptors (Lipinski definition) is 11. The Hall–Kier alpha value is -4.83. The number of halogens is 3. The standard InChI is InChI=1S/C47H58F3N7O4S/c1-28(32-10-9-11-36(23-32)47(48,49)50)54-46-38-25-37(41(60-4)26-39(38)55-30(3)56-46)31-16-19-57(20-17-31)42(58)12-7-5-6-8-21-61-40-24-35(44-29(2)53-27-62-44)14-13-33(40)22-34-15-18-52-43(34)45(51)59/h9-11,13-14,23-28,31,34,42-43,52,58H,5-8,12,15-22H2,1-4H3,(H2,51,59)(H,54,55,56)/t28-,34?,42?,43?/m1/s1. The zero-order chi connectivity index (χ0) is 44.0. The molecule has 2 aliphatic rings. The molecule has 4 atom stereocenters. The molecule has 3 unspecified atom stereocenters. The third-order valence-electron chi connectivity index (χ3n) is 12.4. The van der Waals surface area contributed by atoms with Gasteiger partial charge >= 0.3 is 6.18 Å². The fourth-order valence-corrected chi connectivity index (χ4v) is 9.80. The first-order valence-electron chi connectivity index (χ1n) is 21.7. The topological polar surface area (TPSA) is 148 Å². The van der Waals surface area contributed by atoms with Gasteiger partial charge < -0.3 is 30.9 Å². The molecule has 0 spiro atoms. The second-order valence-electron chi connectivity index (χ2n) is 16.7. The highest BCUT2D eigenvalue weighted by molar-refractivity contribution is 7.13. The van der Waals surface area contributed by atoms with Crippen molar-refractivity contribution in [2.75, 3.05) is 38.7 Å². The summed E-state index contributed by atoms with van der Waals surface area (Å²) in [7, 11) is 1.65. The van der Waals surface area contributed by atoms with Crippen LogP contribution in [0.1, 0.15) is 104 Å². The lowest BCUT2D eigenvalue weighted by Crippen LogP contribution is -2.41. The first-order chi connectivity index (χ1) is 29.8. The van der Waals surface area contributed by atoms with E-state index in [4.69, 9.17) is 15.2 Å². The summed E-state index contributed by atoms with van der Waals surface area (Å²) in [6, 6.07) is 14.9. The molecule has 2 aliphatic heterocycles. The molecular formula is C47H58F3N7O4S. The molecule has 0 bridgehead atoms. The number of benzene rings is 3. The number of nitrogens with one attached hydrogen (secondary N) is 2. The number of rotatable bonds is 18. The summed E-state index contributed by atoms with van der Waals surface area (Å²) in [5.74, 6) is 2.66. The van der Waals surface area contributed by atoms with Crippen LogP contribution in [0, 0.1) is 19.8 Å². The van der Waals surface area contributed by atoms with E-state index in [1.807, 2.05) is 25.4 Å². The average Bonchev–Trinajstić information content (AvgIpc) is 3.92. The summed E-state index contributed by atoms with van der Waals surface area (Å²) >= 11 is 1.61. The highest BCUT2D eigenvalue weighted by Gasteiger charge is 2.33. The number of alkyl halides is 3. The number of hydrogen-bond donors (Lipinski definition) is 4. The largest absolute Gasteiger partial charge is 0.496 e. The third kappa shape index (κ3) is 10.8. The number of piperidine rings is 1. The fourth-order valence-electron chi connectivity index (χ4n) is 8.99. The molecule has 62 heavy (non-hydrogen) atoms. The maximum Gasteiger partial charge on any atom is 0.416 e. The molecule has 15 heteroatoms. The number of likely N-dealkylation sites (tertiary alicyclic amines) is 1. The first-order valence-corrected chi connectivity index (χ1v) is 22.6. The van der Waals surface area contributed by atoms with Gasteiger partial charge in [0.2, 0.25) is 5.91 Å². The summed E-state index contributed by atoms with van der Waals surface area (Å²) in [5.41, 5.74) is 12.2. The van der Waals surface area contributed by atoms with E-state index in [9.17, 15) is 23.1 Å². The minimum atomic E-state index is -4.43. The number of ether oxygens (including phenoxy) is 2.